The summed E-state index contributed by atoms with van der Waals surface area (Å²) in [5, 5.41) is 7.68. The lowest BCUT2D eigenvalue weighted by Crippen LogP contribution is -2.61. The standard InChI is InChI=1S/C78H48BN3S2/c1-3-15-49(16-4-1)51-27-35-57(36-28-51)80-70-39-31-55(53-33-41-76-64(43-53)62-21-9-13-25-74(62)83-76)45-66(70)79-67-46-56(54-34-42-77-65(44-54)63-22-10-14-26-75(63)84-77)32-40-71(67)81(58-37-29-52(30-38-58)50-17-5-2-6-18-50)73-48-59(47-72(80)78(73)79)82-68-23-11-7-19-60(68)61-20-8-12-24-69(61)82/h1-48H. The van der Waals surface area contributed by atoms with E-state index in [4.69, 9.17) is 0 Å². The second kappa shape index (κ2) is 18.6. The fraction of sp³-hybridized carbons (Fsp3) is 0. The molecule has 0 spiro atoms. The van der Waals surface area contributed by atoms with E-state index in [9.17, 15) is 0 Å². The number of hydrogen-bond acceptors (Lipinski definition) is 4. The Balaban J connectivity index is 0.936. The quantitative estimate of drug-likeness (QED) is 0.147. The third-order valence-corrected chi connectivity index (χ3v) is 20.1. The predicted octanol–water partition coefficient (Wildman–Crippen LogP) is 20.3. The maximum Gasteiger partial charge on any atom is 0.252 e. The Hall–Kier alpha value is -10.2. The topological polar surface area (TPSA) is 11.4 Å². The highest BCUT2D eigenvalue weighted by molar-refractivity contribution is 7.26. The first-order valence-electron chi connectivity index (χ1n) is 28.8. The van der Waals surface area contributed by atoms with Gasteiger partial charge in [-0.3, -0.25) is 0 Å². The van der Waals surface area contributed by atoms with Gasteiger partial charge in [-0.25, -0.2) is 0 Å². The van der Waals surface area contributed by atoms with E-state index in [1.54, 1.807) is 0 Å². The van der Waals surface area contributed by atoms with Crippen LogP contribution >= 0.6 is 22.7 Å². The largest absolute Gasteiger partial charge is 0.311 e. The minimum atomic E-state index is -0.150. The molecule has 84 heavy (non-hydrogen) atoms. The summed E-state index contributed by atoms with van der Waals surface area (Å²) in [6.45, 7) is -0.150. The summed E-state index contributed by atoms with van der Waals surface area (Å²) in [4.78, 5) is 5.13. The van der Waals surface area contributed by atoms with Gasteiger partial charge in [0.05, 0.1) is 16.7 Å². The molecule has 0 atom stereocenters. The Morgan fingerprint density at radius 2 is 0.595 bits per heavy atom. The maximum atomic E-state index is 2.57. The van der Waals surface area contributed by atoms with Crippen LogP contribution < -0.4 is 26.2 Å². The summed E-state index contributed by atoms with van der Waals surface area (Å²) in [7, 11) is 0. The van der Waals surface area contributed by atoms with Crippen molar-refractivity contribution in [1.29, 1.82) is 0 Å². The molecule has 0 saturated heterocycles. The van der Waals surface area contributed by atoms with Crippen LogP contribution in [0.1, 0.15) is 0 Å². The van der Waals surface area contributed by atoms with Gasteiger partial charge in [-0.1, -0.05) is 194 Å². The second-order valence-corrected chi connectivity index (χ2v) is 24.5. The molecule has 0 aliphatic carbocycles. The van der Waals surface area contributed by atoms with E-state index in [1.165, 1.54) is 134 Å². The van der Waals surface area contributed by atoms with Crippen LogP contribution in [0.25, 0.3) is 112 Å². The van der Waals surface area contributed by atoms with Crippen LogP contribution in [-0.2, 0) is 0 Å². The molecule has 0 radical (unpaired) electrons. The van der Waals surface area contributed by atoms with Crippen LogP contribution in [0, 0.1) is 0 Å². The van der Waals surface area contributed by atoms with Gasteiger partial charge < -0.3 is 14.4 Å². The molecule has 0 saturated carbocycles. The molecule has 2 aliphatic heterocycles. The number of aromatic nitrogens is 1. The molecule has 3 aromatic heterocycles. The molecule has 390 valence electrons. The lowest BCUT2D eigenvalue weighted by atomic mass is 9.33. The zero-order chi connectivity index (χ0) is 55.0. The highest BCUT2D eigenvalue weighted by atomic mass is 32.1. The van der Waals surface area contributed by atoms with Crippen LogP contribution in [0.15, 0.2) is 291 Å². The average Bonchev–Trinajstić information content (AvgIpc) is 1.30. The number of para-hydroxylation sites is 2. The fourth-order valence-corrected chi connectivity index (χ4v) is 16.1. The van der Waals surface area contributed by atoms with Crippen molar-refractivity contribution in [3.8, 4) is 50.2 Å². The minimum absolute atomic E-state index is 0.150. The van der Waals surface area contributed by atoms with Crippen LogP contribution in [0.2, 0.25) is 0 Å². The lowest BCUT2D eigenvalue weighted by molar-refractivity contribution is 1.16. The van der Waals surface area contributed by atoms with Gasteiger partial charge in [0.25, 0.3) is 6.71 Å². The summed E-state index contributed by atoms with van der Waals surface area (Å²) in [6, 6.07) is 109. The molecule has 2 aliphatic rings. The molecule has 16 aromatic rings. The summed E-state index contributed by atoms with van der Waals surface area (Å²) in [5.74, 6) is 0. The number of hydrogen-bond donors (Lipinski definition) is 0. The molecule has 0 bridgehead atoms. The first-order chi connectivity index (χ1) is 41.6. The highest BCUT2D eigenvalue weighted by Crippen LogP contribution is 2.49. The minimum Gasteiger partial charge on any atom is -0.311 e. The monoisotopic (exact) mass is 1100 g/mol. The SMILES string of the molecule is c1ccc(-c2ccc(N3c4ccc(-c5ccc6sc7ccccc7c6c5)cc4B4c5cc(-c6ccc7sc8ccccc8c7c6)ccc5N(c5ccc(-c6ccccc6)cc5)c5cc(-n6c7ccccc7c7ccccc76)cc3c54)cc2)cc1. The smallest absolute Gasteiger partial charge is 0.252 e. The second-order valence-electron chi connectivity index (χ2n) is 22.4. The Morgan fingerprint density at radius 3 is 1.06 bits per heavy atom. The van der Waals surface area contributed by atoms with E-state index in [1.807, 2.05) is 22.7 Å². The van der Waals surface area contributed by atoms with Crippen LogP contribution in [0.4, 0.5) is 34.1 Å². The van der Waals surface area contributed by atoms with E-state index in [0.717, 1.165) is 28.4 Å². The summed E-state index contributed by atoms with van der Waals surface area (Å²) in [6.07, 6.45) is 0. The van der Waals surface area contributed by atoms with Crippen molar-refractivity contribution in [3.63, 3.8) is 0 Å². The molecular formula is C78H48BN3S2. The number of thiophene rings is 2. The van der Waals surface area contributed by atoms with E-state index in [0.29, 0.717) is 0 Å². The van der Waals surface area contributed by atoms with Crippen molar-refractivity contribution in [1.82, 2.24) is 4.57 Å². The van der Waals surface area contributed by atoms with E-state index >= 15 is 0 Å². The highest BCUT2D eigenvalue weighted by Gasteiger charge is 2.44. The molecular weight excluding hydrogens is 1050 g/mol. The average molecular weight is 1100 g/mol. The molecule has 3 nitrogen and oxygen atoms in total. The van der Waals surface area contributed by atoms with Gasteiger partial charge in [0.1, 0.15) is 0 Å². The van der Waals surface area contributed by atoms with Gasteiger partial charge in [-0.15, -0.1) is 22.7 Å². The van der Waals surface area contributed by atoms with Gasteiger partial charge in [-0.05, 0) is 158 Å². The first-order valence-corrected chi connectivity index (χ1v) is 30.5. The van der Waals surface area contributed by atoms with Crippen LogP contribution in [-0.4, -0.2) is 11.3 Å². The number of nitrogens with zero attached hydrogens (tertiary/aromatic N) is 3. The maximum absolute atomic E-state index is 2.57. The Labute approximate surface area is 494 Å². The van der Waals surface area contributed by atoms with Crippen LogP contribution in [0.5, 0.6) is 0 Å². The van der Waals surface area contributed by atoms with Gasteiger partial charge >= 0.3 is 0 Å². The fourth-order valence-electron chi connectivity index (χ4n) is 13.9. The number of rotatable bonds is 7. The van der Waals surface area contributed by atoms with Crippen molar-refractivity contribution in [2.24, 2.45) is 0 Å². The van der Waals surface area contributed by atoms with Crippen LogP contribution in [0.3, 0.4) is 0 Å². The van der Waals surface area contributed by atoms with E-state index in [2.05, 4.69) is 306 Å². The summed E-state index contributed by atoms with van der Waals surface area (Å²) < 4.78 is 7.73. The van der Waals surface area contributed by atoms with Crippen molar-refractivity contribution >= 4 is 142 Å². The number of benzene rings is 13. The van der Waals surface area contributed by atoms with Gasteiger partial charge in [0.15, 0.2) is 0 Å². The third-order valence-electron chi connectivity index (χ3n) is 17.8. The number of anilines is 6. The molecule has 6 heteroatoms. The van der Waals surface area contributed by atoms with Crippen molar-refractivity contribution in [2.45, 2.75) is 0 Å². The molecule has 18 rings (SSSR count). The molecule has 13 aromatic carbocycles. The van der Waals surface area contributed by atoms with Gasteiger partial charge in [0, 0.05) is 85.2 Å². The Kier molecular flexibility index (Phi) is 10.5. The molecule has 0 unspecified atom stereocenters. The first kappa shape index (κ1) is 47.4. The molecule has 0 fully saturated rings. The predicted molar refractivity (Wildman–Crippen MR) is 362 cm³/mol. The third kappa shape index (κ3) is 7.31. The Bertz CT molecular complexity index is 5000. The zero-order valence-corrected chi connectivity index (χ0v) is 47.1. The zero-order valence-electron chi connectivity index (χ0n) is 45.4. The van der Waals surface area contributed by atoms with Gasteiger partial charge in [-0.2, -0.15) is 0 Å². The van der Waals surface area contributed by atoms with Crippen molar-refractivity contribution in [3.05, 3.63) is 291 Å². The van der Waals surface area contributed by atoms with Crippen molar-refractivity contribution in [2.75, 3.05) is 9.80 Å². The normalized spacial score (nSPS) is 12.7. The van der Waals surface area contributed by atoms with Crippen molar-refractivity contribution < 1.29 is 0 Å². The summed E-state index contributed by atoms with van der Waals surface area (Å²) >= 11 is 3.74. The van der Waals surface area contributed by atoms with Gasteiger partial charge in [0.2, 0.25) is 0 Å². The number of fused-ring (bicyclic) bond motifs is 13. The molecule has 0 amide bonds. The molecule has 5 heterocycles. The Morgan fingerprint density at radius 1 is 0.238 bits per heavy atom. The molecule has 0 N–H and O–H groups in total. The van der Waals surface area contributed by atoms with E-state index < -0.39 is 0 Å². The lowest BCUT2D eigenvalue weighted by Gasteiger charge is -2.44. The summed E-state index contributed by atoms with van der Waals surface area (Å²) in [5.41, 5.74) is 23.7. The van der Waals surface area contributed by atoms with E-state index in [-0.39, 0.29) is 6.71 Å².